The minimum Gasteiger partial charge on any atom is -0.241 e. The van der Waals surface area contributed by atoms with Gasteiger partial charge in [0.25, 0.3) is 0 Å². The molecule has 0 bridgehead atoms. The highest BCUT2D eigenvalue weighted by molar-refractivity contribution is 7.91. The molecule has 0 spiro atoms. The topological polar surface area (TPSA) is 59.1 Å². The lowest BCUT2D eigenvalue weighted by Gasteiger charge is -2.14. The highest BCUT2D eigenvalue weighted by atomic mass is 32.2. The van der Waals surface area contributed by atoms with Crippen molar-refractivity contribution in [2.75, 3.05) is 6.54 Å². The van der Waals surface area contributed by atoms with Crippen LogP contribution in [0.1, 0.15) is 46.7 Å². The van der Waals surface area contributed by atoms with Crippen molar-refractivity contribution >= 4 is 32.7 Å². The molecule has 0 aromatic carbocycles. The summed E-state index contributed by atoms with van der Waals surface area (Å²) in [6, 6.07) is 1.72. The van der Waals surface area contributed by atoms with Crippen LogP contribution < -0.4 is 4.72 Å². The van der Waals surface area contributed by atoms with Gasteiger partial charge in [0.1, 0.15) is 9.22 Å². The Labute approximate surface area is 147 Å². The van der Waals surface area contributed by atoms with Crippen LogP contribution in [0.4, 0.5) is 0 Å². The molecule has 0 aliphatic heterocycles. The van der Waals surface area contributed by atoms with E-state index in [1.54, 1.807) is 17.4 Å². The first-order valence-electron chi connectivity index (χ1n) is 7.64. The average molecular weight is 373 g/mol. The van der Waals surface area contributed by atoms with E-state index >= 15 is 0 Å². The SMILES string of the molecule is CC(C)CCNS(=O)(=O)c1cc(-c2nc(C(C)(C)C)cs2)cs1. The zero-order chi connectivity index (χ0) is 17.3. The normalized spacial score (nSPS) is 13.0. The van der Waals surface area contributed by atoms with Crippen LogP contribution in [-0.2, 0) is 15.4 Å². The van der Waals surface area contributed by atoms with Gasteiger partial charge in [0.2, 0.25) is 10.0 Å². The lowest BCUT2D eigenvalue weighted by atomic mass is 9.93. The van der Waals surface area contributed by atoms with E-state index in [0.717, 1.165) is 22.7 Å². The molecule has 2 aromatic rings. The molecule has 0 atom stereocenters. The lowest BCUT2D eigenvalue weighted by Crippen LogP contribution is -2.24. The van der Waals surface area contributed by atoms with Gasteiger partial charge >= 0.3 is 0 Å². The lowest BCUT2D eigenvalue weighted by molar-refractivity contribution is 0.553. The Morgan fingerprint density at radius 3 is 2.48 bits per heavy atom. The second-order valence-electron chi connectivity index (χ2n) is 7.02. The highest BCUT2D eigenvalue weighted by Crippen LogP contribution is 2.33. The molecule has 0 radical (unpaired) electrons. The maximum atomic E-state index is 12.3. The van der Waals surface area contributed by atoms with Crippen molar-refractivity contribution in [3.63, 3.8) is 0 Å². The summed E-state index contributed by atoms with van der Waals surface area (Å²) in [5.41, 5.74) is 1.90. The van der Waals surface area contributed by atoms with Gasteiger partial charge in [0, 0.05) is 28.3 Å². The molecule has 2 aromatic heterocycles. The molecule has 0 saturated heterocycles. The Kier molecular flexibility index (Phi) is 5.66. The number of thiazole rings is 1. The second-order valence-corrected chi connectivity index (χ2v) is 10.8. The van der Waals surface area contributed by atoms with E-state index < -0.39 is 10.0 Å². The van der Waals surface area contributed by atoms with Crippen molar-refractivity contribution in [1.29, 1.82) is 0 Å². The molecule has 128 valence electrons. The maximum absolute atomic E-state index is 12.3. The molecule has 0 unspecified atom stereocenters. The van der Waals surface area contributed by atoms with E-state index in [1.807, 2.05) is 10.8 Å². The van der Waals surface area contributed by atoms with Crippen LogP contribution >= 0.6 is 22.7 Å². The minimum atomic E-state index is -3.42. The van der Waals surface area contributed by atoms with Gasteiger partial charge in [0.15, 0.2) is 0 Å². The molecule has 2 heterocycles. The predicted molar refractivity (Wildman–Crippen MR) is 98.8 cm³/mol. The molecular weight excluding hydrogens is 348 g/mol. The van der Waals surface area contributed by atoms with Gasteiger partial charge in [-0.3, -0.25) is 0 Å². The first kappa shape index (κ1) is 18.6. The van der Waals surface area contributed by atoms with Gasteiger partial charge in [0.05, 0.1) is 5.69 Å². The van der Waals surface area contributed by atoms with Crippen LogP contribution in [0.5, 0.6) is 0 Å². The van der Waals surface area contributed by atoms with Gasteiger partial charge in [-0.15, -0.1) is 22.7 Å². The molecule has 1 N–H and O–H groups in total. The average Bonchev–Trinajstić information content (AvgIpc) is 3.06. The Hall–Kier alpha value is -0.760. The van der Waals surface area contributed by atoms with Crippen molar-refractivity contribution in [2.24, 2.45) is 5.92 Å². The predicted octanol–water partition coefficient (Wildman–Crippen LogP) is 4.49. The van der Waals surface area contributed by atoms with Gasteiger partial charge < -0.3 is 0 Å². The standard InChI is InChI=1S/C16H24N2O2S3/c1-11(2)6-7-17-23(19,20)14-8-12(9-21-14)15-18-13(10-22-15)16(3,4)5/h8-11,17H,6-7H2,1-5H3. The molecule has 0 amide bonds. The van der Waals surface area contributed by atoms with E-state index in [-0.39, 0.29) is 5.41 Å². The van der Waals surface area contributed by atoms with E-state index in [0.29, 0.717) is 16.7 Å². The summed E-state index contributed by atoms with van der Waals surface area (Å²) in [6.45, 7) is 11.0. The monoisotopic (exact) mass is 372 g/mol. The summed E-state index contributed by atoms with van der Waals surface area (Å²) in [5, 5.41) is 4.78. The molecule has 2 rings (SSSR count). The van der Waals surface area contributed by atoms with E-state index in [1.165, 1.54) is 11.3 Å². The van der Waals surface area contributed by atoms with E-state index in [9.17, 15) is 8.42 Å². The first-order valence-corrected chi connectivity index (χ1v) is 10.9. The third kappa shape index (κ3) is 4.86. The van der Waals surface area contributed by atoms with Crippen LogP contribution in [0, 0.1) is 5.92 Å². The van der Waals surface area contributed by atoms with E-state index in [4.69, 9.17) is 0 Å². The van der Waals surface area contributed by atoms with Crippen molar-refractivity contribution < 1.29 is 8.42 Å². The Morgan fingerprint density at radius 1 is 1.22 bits per heavy atom. The van der Waals surface area contributed by atoms with Crippen LogP contribution in [-0.4, -0.2) is 19.9 Å². The summed E-state index contributed by atoms with van der Waals surface area (Å²) in [6.07, 6.45) is 0.832. The Morgan fingerprint density at radius 2 is 1.91 bits per heavy atom. The number of nitrogens with zero attached hydrogens (tertiary/aromatic N) is 1. The van der Waals surface area contributed by atoms with Crippen LogP contribution in [0.2, 0.25) is 0 Å². The van der Waals surface area contributed by atoms with Gasteiger partial charge in [-0.2, -0.15) is 0 Å². The summed E-state index contributed by atoms with van der Waals surface area (Å²) in [5.74, 6) is 0.475. The molecule has 0 fully saturated rings. The quantitative estimate of drug-likeness (QED) is 0.812. The fraction of sp³-hybridized carbons (Fsp3) is 0.562. The Balaban J connectivity index is 2.15. The number of sulfonamides is 1. The van der Waals surface area contributed by atoms with Crippen LogP contribution in [0.3, 0.4) is 0 Å². The summed E-state index contributed by atoms with van der Waals surface area (Å²) < 4.78 is 27.6. The van der Waals surface area contributed by atoms with Gasteiger partial charge in [-0.1, -0.05) is 34.6 Å². The number of rotatable bonds is 6. The van der Waals surface area contributed by atoms with Crippen molar-refractivity contribution in [3.05, 3.63) is 22.5 Å². The van der Waals surface area contributed by atoms with Crippen LogP contribution in [0.25, 0.3) is 10.6 Å². The molecule has 0 aliphatic rings. The molecule has 23 heavy (non-hydrogen) atoms. The highest BCUT2D eigenvalue weighted by Gasteiger charge is 2.21. The zero-order valence-corrected chi connectivity index (χ0v) is 16.7. The number of hydrogen-bond acceptors (Lipinski definition) is 5. The van der Waals surface area contributed by atoms with Crippen molar-refractivity contribution in [2.45, 2.75) is 50.7 Å². The largest absolute Gasteiger partial charge is 0.250 e. The van der Waals surface area contributed by atoms with Crippen LogP contribution in [0.15, 0.2) is 21.0 Å². The summed E-state index contributed by atoms with van der Waals surface area (Å²) >= 11 is 2.80. The molecule has 7 heteroatoms. The van der Waals surface area contributed by atoms with Gasteiger partial charge in [-0.25, -0.2) is 18.1 Å². The number of aromatic nitrogens is 1. The minimum absolute atomic E-state index is 0.00191. The maximum Gasteiger partial charge on any atom is 0.250 e. The first-order chi connectivity index (χ1) is 10.6. The third-order valence-electron chi connectivity index (χ3n) is 3.37. The summed E-state index contributed by atoms with van der Waals surface area (Å²) in [4.78, 5) is 4.64. The molecular formula is C16H24N2O2S3. The number of hydrogen-bond donors (Lipinski definition) is 1. The molecule has 0 aliphatic carbocycles. The number of nitrogens with one attached hydrogen (secondary N) is 1. The van der Waals surface area contributed by atoms with Gasteiger partial charge in [-0.05, 0) is 18.4 Å². The fourth-order valence-corrected chi connectivity index (χ4v) is 5.24. The van der Waals surface area contributed by atoms with Crippen molar-refractivity contribution in [1.82, 2.24) is 9.71 Å². The summed E-state index contributed by atoms with van der Waals surface area (Å²) in [7, 11) is -3.42. The third-order valence-corrected chi connectivity index (χ3v) is 7.17. The molecule has 4 nitrogen and oxygen atoms in total. The fourth-order valence-electron chi connectivity index (χ4n) is 1.87. The second kappa shape index (κ2) is 7.01. The molecule has 0 saturated carbocycles. The Bertz CT molecular complexity index is 752. The zero-order valence-electron chi connectivity index (χ0n) is 14.2. The number of thiophene rings is 1. The smallest absolute Gasteiger partial charge is 0.241 e. The van der Waals surface area contributed by atoms with Crippen molar-refractivity contribution in [3.8, 4) is 10.6 Å². The van der Waals surface area contributed by atoms with E-state index in [2.05, 4.69) is 44.3 Å².